The molecule has 1 aliphatic heterocycles. The molecule has 0 aromatic heterocycles. The van der Waals surface area contributed by atoms with Crippen LogP contribution in [0, 0.1) is 17.0 Å². The van der Waals surface area contributed by atoms with Crippen molar-refractivity contribution in [2.75, 3.05) is 5.32 Å². The van der Waals surface area contributed by atoms with E-state index in [0.717, 1.165) is 24.1 Å². The molecule has 80 valence electrons. The smallest absolute Gasteiger partial charge is 0.382 e. The molecule has 1 aromatic carbocycles. The summed E-state index contributed by atoms with van der Waals surface area (Å²) in [7, 11) is 0.0694. The Kier molecular flexibility index (Phi) is 7.49. The van der Waals surface area contributed by atoms with E-state index < -0.39 is 0 Å². The number of nitrogens with one attached hydrogen (secondary N) is 1. The van der Waals surface area contributed by atoms with Crippen LogP contribution < -0.4 is 34.9 Å². The van der Waals surface area contributed by atoms with Crippen molar-refractivity contribution in [2.45, 2.75) is 25.8 Å². The van der Waals surface area contributed by atoms with Gasteiger partial charge in [0.15, 0.2) is 0 Å². The fourth-order valence-electron chi connectivity index (χ4n) is 1.65. The molecule has 1 heterocycles. The van der Waals surface area contributed by atoms with Crippen LogP contribution in [0.2, 0.25) is 0 Å². The Bertz CT molecular complexity index is 379. The number of hydrogen-bond acceptors (Lipinski definition) is 2. The molecule has 0 aliphatic carbocycles. The van der Waals surface area contributed by atoms with Crippen molar-refractivity contribution in [1.29, 1.82) is 5.26 Å². The Morgan fingerprint density at radius 1 is 1.62 bits per heavy atom. The van der Waals surface area contributed by atoms with E-state index >= 15 is 0 Å². The summed E-state index contributed by atoms with van der Waals surface area (Å²) in [4.78, 5) is 0. The van der Waals surface area contributed by atoms with E-state index in [9.17, 15) is 4.39 Å². The molecule has 1 unspecified atom stereocenters. The SMILES string of the molecule is CCC1Cc2cc(F)ccc2N1.[BH3-]C#N.[Na+]. The molecule has 0 saturated heterocycles. The average Bonchev–Trinajstić information content (AvgIpc) is 2.61. The summed E-state index contributed by atoms with van der Waals surface area (Å²) >= 11 is 0. The minimum atomic E-state index is -0.132. The molecule has 0 radical (unpaired) electrons. The van der Waals surface area contributed by atoms with Crippen LogP contribution in [0.25, 0.3) is 0 Å². The number of nitriles is 1. The summed E-state index contributed by atoms with van der Waals surface area (Å²) in [5.41, 5.74) is 2.21. The molecule has 1 N–H and O–H groups in total. The second-order valence-corrected chi connectivity index (χ2v) is 3.26. The largest absolute Gasteiger partial charge is 1.00 e. The Balaban J connectivity index is 0.000000511. The Labute approximate surface area is 119 Å². The molecule has 1 atom stereocenters. The summed E-state index contributed by atoms with van der Waals surface area (Å²) in [5, 5.41) is 10.8. The minimum absolute atomic E-state index is 0. The zero-order chi connectivity index (χ0) is 11.3. The molecule has 0 bridgehead atoms. The van der Waals surface area contributed by atoms with Gasteiger partial charge in [0, 0.05) is 11.7 Å². The van der Waals surface area contributed by atoms with Crippen molar-refractivity contribution in [2.24, 2.45) is 0 Å². The van der Waals surface area contributed by atoms with Crippen molar-refractivity contribution in [3.63, 3.8) is 0 Å². The van der Waals surface area contributed by atoms with E-state index in [1.165, 1.54) is 6.07 Å². The molecule has 0 amide bonds. The first kappa shape index (κ1) is 15.5. The Hall–Kier alpha value is -0.495. The number of benzene rings is 1. The molecule has 5 heteroatoms. The second-order valence-electron chi connectivity index (χ2n) is 3.26. The van der Waals surface area contributed by atoms with Gasteiger partial charge in [-0.15, -0.1) is 0 Å². The van der Waals surface area contributed by atoms with Gasteiger partial charge in [-0.05, 0) is 36.6 Å². The van der Waals surface area contributed by atoms with Gasteiger partial charge in [-0.1, -0.05) is 6.92 Å². The molecule has 0 saturated carbocycles. The van der Waals surface area contributed by atoms with Crippen LogP contribution in [0.4, 0.5) is 10.1 Å². The summed E-state index contributed by atoms with van der Waals surface area (Å²) < 4.78 is 12.8. The number of halogens is 1. The molecule has 1 aromatic rings. The van der Waals surface area contributed by atoms with Crippen LogP contribution in [0.5, 0.6) is 0 Å². The number of fused-ring (bicyclic) bond motifs is 1. The Morgan fingerprint density at radius 2 is 2.25 bits per heavy atom. The molecule has 2 nitrogen and oxygen atoms in total. The number of hydrogen-bond donors (Lipinski definition) is 1. The van der Waals surface area contributed by atoms with Crippen molar-refractivity contribution in [3.8, 4) is 5.97 Å². The van der Waals surface area contributed by atoms with Crippen LogP contribution in [-0.4, -0.2) is 13.9 Å². The summed E-state index contributed by atoms with van der Waals surface area (Å²) in [6, 6.07) is 5.45. The van der Waals surface area contributed by atoms with E-state index in [1.807, 2.05) is 12.0 Å². The zero-order valence-electron chi connectivity index (χ0n) is 9.05. The summed E-state index contributed by atoms with van der Waals surface area (Å²) in [6.07, 6.45) is 2.06. The van der Waals surface area contributed by atoms with Crippen LogP contribution in [0.1, 0.15) is 18.9 Å². The van der Waals surface area contributed by atoms with E-state index in [-0.39, 0.29) is 43.2 Å². The second kappa shape index (κ2) is 7.73. The first-order valence-electron chi connectivity index (χ1n) is 4.57. The summed E-state index contributed by atoms with van der Waals surface area (Å²) in [6.45, 7) is 2.14. The molecular weight excluding hydrogens is 213 g/mol. The van der Waals surface area contributed by atoms with E-state index in [0.29, 0.717) is 6.04 Å². The van der Waals surface area contributed by atoms with Gasteiger partial charge in [-0.3, -0.25) is 5.26 Å². The van der Waals surface area contributed by atoms with E-state index in [4.69, 9.17) is 5.26 Å². The van der Waals surface area contributed by atoms with Crippen LogP contribution >= 0.6 is 0 Å². The average molecular weight is 228 g/mol. The van der Waals surface area contributed by atoms with Gasteiger partial charge in [-0.2, -0.15) is 5.97 Å². The maximum atomic E-state index is 12.8. The molecule has 0 fully saturated rings. The maximum absolute atomic E-state index is 12.8. The number of nitrogens with zero attached hydrogens (tertiary/aromatic N) is 1. The van der Waals surface area contributed by atoms with Gasteiger partial charge in [0.2, 0.25) is 0 Å². The van der Waals surface area contributed by atoms with Gasteiger partial charge in [-0.25, -0.2) is 4.39 Å². The van der Waals surface area contributed by atoms with E-state index in [2.05, 4.69) is 12.2 Å². The fourth-order valence-corrected chi connectivity index (χ4v) is 1.65. The van der Waals surface area contributed by atoms with Crippen molar-refractivity contribution >= 4 is 13.5 Å². The Morgan fingerprint density at radius 3 is 2.81 bits per heavy atom. The van der Waals surface area contributed by atoms with Gasteiger partial charge in [0.1, 0.15) is 5.82 Å². The quantitative estimate of drug-likeness (QED) is 0.588. The van der Waals surface area contributed by atoms with Gasteiger partial charge in [0.05, 0.1) is 7.85 Å². The maximum Gasteiger partial charge on any atom is 1.00 e. The molecule has 1 aliphatic rings. The predicted molar refractivity (Wildman–Crippen MR) is 63.4 cm³/mol. The molecule has 2 rings (SSSR count). The van der Waals surface area contributed by atoms with Gasteiger partial charge in [0.25, 0.3) is 0 Å². The van der Waals surface area contributed by atoms with Crippen LogP contribution in [0.3, 0.4) is 0 Å². The number of rotatable bonds is 1. The molecule has 16 heavy (non-hydrogen) atoms. The minimum Gasteiger partial charge on any atom is -0.382 e. The standard InChI is InChI=1S/C10H12FN.CH3BN.Na/c1-2-9-6-7-5-8(11)3-4-10(7)12-9;2-1-3;/h3-5,9,12H,2,6H2,1H3;2H3;/q;-1;+1. The van der Waals surface area contributed by atoms with E-state index in [1.54, 1.807) is 6.07 Å². The third-order valence-corrected chi connectivity index (χ3v) is 2.39. The molecule has 0 spiro atoms. The normalized spacial score (nSPS) is 15.8. The first-order valence-corrected chi connectivity index (χ1v) is 4.57. The number of anilines is 1. The van der Waals surface area contributed by atoms with Crippen molar-refractivity contribution in [1.82, 2.24) is 0 Å². The van der Waals surface area contributed by atoms with Crippen LogP contribution in [-0.2, 0) is 6.42 Å². The molecular formula is C11H15BFN2Na. The first-order chi connectivity index (χ1) is 7.21. The predicted octanol–water partition coefficient (Wildman–Crippen LogP) is -1.59. The zero-order valence-corrected chi connectivity index (χ0v) is 11.0. The third-order valence-electron chi connectivity index (χ3n) is 2.39. The van der Waals surface area contributed by atoms with Crippen molar-refractivity contribution < 1.29 is 33.9 Å². The fraction of sp³-hybridized carbons (Fsp3) is 0.364. The van der Waals surface area contributed by atoms with Crippen molar-refractivity contribution in [3.05, 3.63) is 29.6 Å². The van der Waals surface area contributed by atoms with Crippen LogP contribution in [0.15, 0.2) is 18.2 Å². The summed E-state index contributed by atoms with van der Waals surface area (Å²) in [5.74, 6) is 1.87. The van der Waals surface area contributed by atoms with Gasteiger partial charge < -0.3 is 5.32 Å². The monoisotopic (exact) mass is 228 g/mol. The van der Waals surface area contributed by atoms with Gasteiger partial charge >= 0.3 is 29.6 Å². The topological polar surface area (TPSA) is 35.8 Å². The third kappa shape index (κ3) is 4.17.